The molecule has 3 rings (SSSR count). The van der Waals surface area contributed by atoms with Crippen LogP contribution in [-0.2, 0) is 24.4 Å². The molecular weight excluding hydrogens is 268 g/mol. The highest BCUT2D eigenvalue weighted by Crippen LogP contribution is 2.21. The first-order chi connectivity index (χ1) is 10.4. The van der Waals surface area contributed by atoms with E-state index >= 15 is 0 Å². The number of hydrogen-bond acceptors (Lipinski definition) is 6. The van der Waals surface area contributed by atoms with Crippen LogP contribution >= 0.6 is 0 Å². The molecule has 0 aromatic carbocycles. The second kappa shape index (κ2) is 6.64. The van der Waals surface area contributed by atoms with Gasteiger partial charge in [0.15, 0.2) is 5.82 Å². The summed E-state index contributed by atoms with van der Waals surface area (Å²) in [6, 6.07) is 4.09. The van der Waals surface area contributed by atoms with E-state index in [1.807, 2.05) is 12.3 Å². The minimum atomic E-state index is 0.711. The highest BCUT2D eigenvalue weighted by molar-refractivity contribution is 5.47. The summed E-state index contributed by atoms with van der Waals surface area (Å²) >= 11 is 0. The van der Waals surface area contributed by atoms with Gasteiger partial charge in [-0.05, 0) is 6.07 Å². The van der Waals surface area contributed by atoms with Crippen LogP contribution in [0.1, 0.15) is 11.4 Å². The van der Waals surface area contributed by atoms with E-state index < -0.39 is 0 Å². The summed E-state index contributed by atoms with van der Waals surface area (Å²) in [5.74, 6) is 2.02. The number of rotatable bonds is 6. The fraction of sp³-hybridized carbons (Fsp3) is 0.500. The van der Waals surface area contributed by atoms with Gasteiger partial charge in [-0.2, -0.15) is 0 Å². The van der Waals surface area contributed by atoms with E-state index in [0.717, 1.165) is 44.4 Å². The number of nitrogens with one attached hydrogen (secondary N) is 1. The third-order valence-electron chi connectivity index (χ3n) is 3.60. The van der Waals surface area contributed by atoms with Gasteiger partial charge in [0, 0.05) is 45.0 Å². The monoisotopic (exact) mass is 288 g/mol. The number of methoxy groups -OCH3 is 1. The fourth-order valence-electron chi connectivity index (χ4n) is 2.50. The molecule has 0 atom stereocenters. The number of ether oxygens (including phenoxy) is 1. The Morgan fingerprint density at radius 2 is 2.33 bits per heavy atom. The molecule has 1 aliphatic rings. The number of pyridine rings is 1. The van der Waals surface area contributed by atoms with Crippen molar-refractivity contribution < 1.29 is 4.74 Å². The maximum Gasteiger partial charge on any atom is 0.152 e. The third kappa shape index (κ3) is 3.20. The molecule has 3 heterocycles. The van der Waals surface area contributed by atoms with Crippen molar-refractivity contribution in [2.45, 2.75) is 19.6 Å². The van der Waals surface area contributed by atoms with Gasteiger partial charge in [0.05, 0.1) is 13.2 Å². The summed E-state index contributed by atoms with van der Waals surface area (Å²) in [5.41, 5.74) is 1.20. The highest BCUT2D eigenvalue weighted by atomic mass is 16.5. The average Bonchev–Trinajstić information content (AvgIpc) is 2.99. The van der Waals surface area contributed by atoms with Gasteiger partial charge in [0.1, 0.15) is 12.1 Å². The number of aromatic nitrogens is 4. The zero-order valence-electron chi connectivity index (χ0n) is 12.2. The predicted octanol–water partition coefficient (Wildman–Crippen LogP) is 0.429. The minimum absolute atomic E-state index is 0.711. The van der Waals surface area contributed by atoms with Gasteiger partial charge in [-0.25, -0.2) is 4.98 Å². The first-order valence-corrected chi connectivity index (χ1v) is 7.13. The van der Waals surface area contributed by atoms with Gasteiger partial charge in [-0.15, -0.1) is 10.2 Å². The topological polar surface area (TPSA) is 68.1 Å². The number of anilines is 1. The van der Waals surface area contributed by atoms with Gasteiger partial charge < -0.3 is 19.5 Å². The van der Waals surface area contributed by atoms with Crippen molar-refractivity contribution in [1.29, 1.82) is 0 Å². The molecular formula is C14H20N6O. The van der Waals surface area contributed by atoms with Crippen molar-refractivity contribution in [3.63, 3.8) is 0 Å². The van der Waals surface area contributed by atoms with Gasteiger partial charge in [0.2, 0.25) is 0 Å². The Morgan fingerprint density at radius 1 is 1.38 bits per heavy atom. The van der Waals surface area contributed by atoms with Crippen LogP contribution < -0.4 is 10.2 Å². The Hall–Kier alpha value is -1.99. The molecule has 0 radical (unpaired) electrons. The van der Waals surface area contributed by atoms with Crippen LogP contribution in [0.4, 0.5) is 5.82 Å². The second-order valence-corrected chi connectivity index (χ2v) is 5.02. The second-order valence-electron chi connectivity index (χ2n) is 5.02. The standard InChI is InChI=1S/C14H20N6O/c1-21-8-5-15-9-12-3-2-4-16-14(12)19-6-7-20-11-17-18-13(20)10-19/h2-4,11,15H,5-10H2,1H3. The summed E-state index contributed by atoms with van der Waals surface area (Å²) in [7, 11) is 1.71. The molecule has 7 nitrogen and oxygen atoms in total. The molecule has 0 spiro atoms. The SMILES string of the molecule is COCCNCc1cccnc1N1CCn2cnnc2C1. The van der Waals surface area contributed by atoms with E-state index in [1.54, 1.807) is 13.4 Å². The van der Waals surface area contributed by atoms with Gasteiger partial charge in [-0.1, -0.05) is 6.07 Å². The largest absolute Gasteiger partial charge is 0.383 e. The zero-order chi connectivity index (χ0) is 14.5. The average molecular weight is 288 g/mol. The lowest BCUT2D eigenvalue weighted by Gasteiger charge is -2.29. The van der Waals surface area contributed by atoms with Crippen LogP contribution in [-0.4, -0.2) is 46.6 Å². The first-order valence-electron chi connectivity index (χ1n) is 7.13. The normalized spacial score (nSPS) is 14.2. The van der Waals surface area contributed by atoms with Crippen LogP contribution in [0.15, 0.2) is 24.7 Å². The summed E-state index contributed by atoms with van der Waals surface area (Å²) < 4.78 is 7.14. The Labute approximate surface area is 124 Å². The molecule has 2 aromatic rings. The first kappa shape index (κ1) is 14.0. The maximum absolute atomic E-state index is 5.05. The summed E-state index contributed by atoms with van der Waals surface area (Å²) in [6.07, 6.45) is 3.63. The zero-order valence-corrected chi connectivity index (χ0v) is 12.2. The molecule has 7 heteroatoms. The molecule has 0 amide bonds. The molecule has 0 bridgehead atoms. The molecule has 21 heavy (non-hydrogen) atoms. The van der Waals surface area contributed by atoms with E-state index in [-0.39, 0.29) is 0 Å². The van der Waals surface area contributed by atoms with Crippen molar-refractivity contribution in [2.75, 3.05) is 31.7 Å². The number of hydrogen-bond donors (Lipinski definition) is 1. The van der Waals surface area contributed by atoms with E-state index in [0.29, 0.717) is 6.61 Å². The summed E-state index contributed by atoms with van der Waals surface area (Å²) in [4.78, 5) is 6.82. The van der Waals surface area contributed by atoms with E-state index in [2.05, 4.69) is 36.0 Å². The fourth-order valence-corrected chi connectivity index (χ4v) is 2.50. The van der Waals surface area contributed by atoms with Gasteiger partial charge in [0.25, 0.3) is 0 Å². The smallest absolute Gasteiger partial charge is 0.152 e. The van der Waals surface area contributed by atoms with Crippen molar-refractivity contribution >= 4 is 5.82 Å². The third-order valence-corrected chi connectivity index (χ3v) is 3.60. The van der Waals surface area contributed by atoms with E-state index in [1.165, 1.54) is 5.56 Å². The molecule has 1 N–H and O–H groups in total. The van der Waals surface area contributed by atoms with E-state index in [9.17, 15) is 0 Å². The van der Waals surface area contributed by atoms with Crippen molar-refractivity contribution in [1.82, 2.24) is 25.1 Å². The molecule has 0 aliphatic carbocycles. The molecule has 2 aromatic heterocycles. The number of fused-ring (bicyclic) bond motifs is 1. The lowest BCUT2D eigenvalue weighted by molar-refractivity contribution is 0.199. The van der Waals surface area contributed by atoms with Crippen LogP contribution in [0.3, 0.4) is 0 Å². The van der Waals surface area contributed by atoms with Crippen molar-refractivity contribution in [3.05, 3.63) is 36.0 Å². The molecule has 1 aliphatic heterocycles. The Kier molecular flexibility index (Phi) is 4.42. The summed E-state index contributed by atoms with van der Waals surface area (Å²) in [6.45, 7) is 4.90. The lowest BCUT2D eigenvalue weighted by atomic mass is 10.2. The molecule has 0 unspecified atom stereocenters. The number of nitrogens with zero attached hydrogens (tertiary/aromatic N) is 5. The van der Waals surface area contributed by atoms with Crippen molar-refractivity contribution in [3.8, 4) is 0 Å². The summed E-state index contributed by atoms with van der Waals surface area (Å²) in [5, 5.41) is 11.5. The molecule has 0 saturated heterocycles. The minimum Gasteiger partial charge on any atom is -0.383 e. The van der Waals surface area contributed by atoms with Crippen molar-refractivity contribution in [2.24, 2.45) is 0 Å². The van der Waals surface area contributed by atoms with Gasteiger partial charge >= 0.3 is 0 Å². The lowest BCUT2D eigenvalue weighted by Crippen LogP contribution is -2.35. The van der Waals surface area contributed by atoms with Gasteiger partial charge in [-0.3, -0.25) is 0 Å². The quantitative estimate of drug-likeness (QED) is 0.778. The Bertz CT molecular complexity index is 584. The van der Waals surface area contributed by atoms with Crippen LogP contribution in [0, 0.1) is 0 Å². The van der Waals surface area contributed by atoms with Crippen LogP contribution in [0.2, 0.25) is 0 Å². The maximum atomic E-state index is 5.05. The molecule has 0 saturated carbocycles. The Morgan fingerprint density at radius 3 is 3.24 bits per heavy atom. The van der Waals surface area contributed by atoms with Crippen LogP contribution in [0.25, 0.3) is 0 Å². The molecule has 112 valence electrons. The predicted molar refractivity (Wildman–Crippen MR) is 78.9 cm³/mol. The van der Waals surface area contributed by atoms with E-state index in [4.69, 9.17) is 4.74 Å². The van der Waals surface area contributed by atoms with Crippen LogP contribution in [0.5, 0.6) is 0 Å². The highest BCUT2D eigenvalue weighted by Gasteiger charge is 2.20. The Balaban J connectivity index is 1.70. The molecule has 0 fully saturated rings.